The highest BCUT2D eigenvalue weighted by Crippen LogP contribution is 2.14. The summed E-state index contributed by atoms with van der Waals surface area (Å²) < 4.78 is 4.80. The predicted octanol–water partition coefficient (Wildman–Crippen LogP) is 1.34. The molecule has 16 heavy (non-hydrogen) atoms. The molecule has 3 N–H and O–H groups in total. The molecule has 0 bridgehead atoms. The Kier molecular flexibility index (Phi) is 4.57. The van der Waals surface area contributed by atoms with Crippen LogP contribution in [0.4, 0.5) is 11.5 Å². The van der Waals surface area contributed by atoms with Gasteiger partial charge in [-0.25, -0.2) is 4.98 Å². The van der Waals surface area contributed by atoms with Gasteiger partial charge in [0.05, 0.1) is 18.7 Å². The van der Waals surface area contributed by atoms with Crippen molar-refractivity contribution in [2.24, 2.45) is 0 Å². The Hall–Kier alpha value is -1.78. The molecule has 88 valence electrons. The maximum atomic E-state index is 11.1. The van der Waals surface area contributed by atoms with Crippen LogP contribution in [-0.4, -0.2) is 24.1 Å². The van der Waals surface area contributed by atoms with Gasteiger partial charge in [0.25, 0.3) is 0 Å². The average Bonchev–Trinajstić information content (AvgIpc) is 2.23. The smallest absolute Gasteiger partial charge is 0.307 e. The van der Waals surface area contributed by atoms with Crippen LogP contribution in [0.1, 0.15) is 19.0 Å². The van der Waals surface area contributed by atoms with Crippen LogP contribution in [0.15, 0.2) is 12.1 Å². The van der Waals surface area contributed by atoms with Crippen LogP contribution >= 0.6 is 0 Å². The van der Waals surface area contributed by atoms with Crippen molar-refractivity contribution in [3.8, 4) is 0 Å². The van der Waals surface area contributed by atoms with Gasteiger partial charge in [0.1, 0.15) is 5.82 Å². The van der Waals surface area contributed by atoms with Crippen LogP contribution in [-0.2, 0) is 9.53 Å². The van der Waals surface area contributed by atoms with Crippen LogP contribution < -0.4 is 11.1 Å². The van der Waals surface area contributed by atoms with Gasteiger partial charge < -0.3 is 15.8 Å². The molecule has 5 heteroatoms. The topological polar surface area (TPSA) is 77.2 Å². The van der Waals surface area contributed by atoms with Gasteiger partial charge in [-0.3, -0.25) is 4.79 Å². The number of hydrogen-bond acceptors (Lipinski definition) is 5. The van der Waals surface area contributed by atoms with E-state index in [4.69, 9.17) is 10.5 Å². The average molecular weight is 223 g/mol. The van der Waals surface area contributed by atoms with Crippen molar-refractivity contribution in [2.75, 3.05) is 24.2 Å². The molecule has 1 rings (SSSR count). The van der Waals surface area contributed by atoms with Crippen molar-refractivity contribution < 1.29 is 9.53 Å². The molecule has 0 fully saturated rings. The number of pyridine rings is 1. The van der Waals surface area contributed by atoms with Gasteiger partial charge in [-0.1, -0.05) is 0 Å². The van der Waals surface area contributed by atoms with Gasteiger partial charge in [0.2, 0.25) is 0 Å². The minimum atomic E-state index is -0.221. The first kappa shape index (κ1) is 12.3. The standard InChI is InChI=1S/C11H17N3O2/c1-3-16-10(15)6-7-13-11-9(12)5-4-8(2)14-11/h4-5H,3,6-7,12H2,1-2H3,(H,13,14). The van der Waals surface area contributed by atoms with Crippen molar-refractivity contribution in [3.63, 3.8) is 0 Å². The Morgan fingerprint density at radius 1 is 1.56 bits per heavy atom. The molecular formula is C11H17N3O2. The van der Waals surface area contributed by atoms with E-state index in [0.717, 1.165) is 5.69 Å². The van der Waals surface area contributed by atoms with Crippen molar-refractivity contribution in [2.45, 2.75) is 20.3 Å². The zero-order valence-corrected chi connectivity index (χ0v) is 9.62. The first-order valence-electron chi connectivity index (χ1n) is 5.26. The monoisotopic (exact) mass is 223 g/mol. The first-order valence-corrected chi connectivity index (χ1v) is 5.26. The molecule has 0 saturated carbocycles. The SMILES string of the molecule is CCOC(=O)CCNc1nc(C)ccc1N. The molecule has 0 aromatic carbocycles. The molecule has 0 atom stereocenters. The zero-order valence-electron chi connectivity index (χ0n) is 9.62. The third kappa shape index (κ3) is 3.76. The molecule has 0 unspecified atom stereocenters. The number of carbonyl (C=O) groups excluding carboxylic acids is 1. The maximum absolute atomic E-state index is 11.1. The lowest BCUT2D eigenvalue weighted by atomic mass is 10.3. The molecule has 0 aliphatic heterocycles. The van der Waals surface area contributed by atoms with E-state index in [0.29, 0.717) is 31.1 Å². The summed E-state index contributed by atoms with van der Waals surface area (Å²) in [6.45, 7) is 4.55. The number of anilines is 2. The normalized spacial score (nSPS) is 9.88. The quantitative estimate of drug-likeness (QED) is 0.736. The van der Waals surface area contributed by atoms with E-state index in [9.17, 15) is 4.79 Å². The summed E-state index contributed by atoms with van der Waals surface area (Å²) in [7, 11) is 0. The van der Waals surface area contributed by atoms with E-state index >= 15 is 0 Å². The van der Waals surface area contributed by atoms with Crippen LogP contribution in [0.25, 0.3) is 0 Å². The number of ether oxygens (including phenoxy) is 1. The lowest BCUT2D eigenvalue weighted by molar-refractivity contribution is -0.142. The molecule has 0 saturated heterocycles. The van der Waals surface area contributed by atoms with Crippen LogP contribution in [0.5, 0.6) is 0 Å². The van der Waals surface area contributed by atoms with Crippen LogP contribution in [0.2, 0.25) is 0 Å². The lowest BCUT2D eigenvalue weighted by Gasteiger charge is -2.08. The van der Waals surface area contributed by atoms with E-state index in [2.05, 4.69) is 10.3 Å². The fourth-order valence-electron chi connectivity index (χ4n) is 1.23. The molecule has 0 radical (unpaired) electrons. The Labute approximate surface area is 95.0 Å². The maximum Gasteiger partial charge on any atom is 0.307 e. The number of nitrogen functional groups attached to an aromatic ring is 1. The molecule has 0 spiro atoms. The fourth-order valence-corrected chi connectivity index (χ4v) is 1.23. The van der Waals surface area contributed by atoms with E-state index in [1.54, 1.807) is 13.0 Å². The second-order valence-electron chi connectivity index (χ2n) is 3.37. The van der Waals surface area contributed by atoms with E-state index in [-0.39, 0.29) is 5.97 Å². The molecule has 1 aromatic rings. The second kappa shape index (κ2) is 5.95. The Morgan fingerprint density at radius 3 is 3.00 bits per heavy atom. The summed E-state index contributed by atoms with van der Waals surface area (Å²) >= 11 is 0. The highest BCUT2D eigenvalue weighted by atomic mass is 16.5. The first-order chi connectivity index (χ1) is 7.63. The molecule has 0 aliphatic rings. The second-order valence-corrected chi connectivity index (χ2v) is 3.37. The minimum absolute atomic E-state index is 0.221. The number of rotatable bonds is 5. The number of nitrogens with zero attached hydrogens (tertiary/aromatic N) is 1. The summed E-state index contributed by atoms with van der Waals surface area (Å²) in [5, 5.41) is 3.01. The summed E-state index contributed by atoms with van der Waals surface area (Å²) in [5.74, 6) is 0.394. The van der Waals surface area contributed by atoms with E-state index in [1.807, 2.05) is 13.0 Å². The van der Waals surface area contributed by atoms with Crippen molar-refractivity contribution in [1.29, 1.82) is 0 Å². The summed E-state index contributed by atoms with van der Waals surface area (Å²) in [4.78, 5) is 15.3. The van der Waals surface area contributed by atoms with Gasteiger partial charge in [0.15, 0.2) is 0 Å². The third-order valence-corrected chi connectivity index (χ3v) is 1.99. The Morgan fingerprint density at radius 2 is 2.31 bits per heavy atom. The molecule has 0 amide bonds. The van der Waals surface area contributed by atoms with Crippen molar-refractivity contribution >= 4 is 17.5 Å². The predicted molar refractivity (Wildman–Crippen MR) is 63.1 cm³/mol. The molecule has 5 nitrogen and oxygen atoms in total. The van der Waals surface area contributed by atoms with Crippen LogP contribution in [0.3, 0.4) is 0 Å². The number of aryl methyl sites for hydroxylation is 1. The number of hydrogen-bond donors (Lipinski definition) is 2. The van der Waals surface area contributed by atoms with Crippen molar-refractivity contribution in [1.82, 2.24) is 4.98 Å². The Balaban J connectivity index is 2.42. The number of aromatic nitrogens is 1. The zero-order chi connectivity index (χ0) is 12.0. The highest BCUT2D eigenvalue weighted by molar-refractivity contribution is 5.70. The summed E-state index contributed by atoms with van der Waals surface area (Å²) in [5.41, 5.74) is 7.18. The molecular weight excluding hydrogens is 206 g/mol. The van der Waals surface area contributed by atoms with E-state index < -0.39 is 0 Å². The van der Waals surface area contributed by atoms with Crippen molar-refractivity contribution in [3.05, 3.63) is 17.8 Å². The molecule has 0 aliphatic carbocycles. The molecule has 1 heterocycles. The lowest BCUT2D eigenvalue weighted by Crippen LogP contribution is -2.13. The number of nitrogens with one attached hydrogen (secondary N) is 1. The summed E-state index contributed by atoms with van der Waals surface area (Å²) in [6.07, 6.45) is 0.308. The largest absolute Gasteiger partial charge is 0.466 e. The van der Waals surface area contributed by atoms with Gasteiger partial charge >= 0.3 is 5.97 Å². The number of carbonyl (C=O) groups is 1. The summed E-state index contributed by atoms with van der Waals surface area (Å²) in [6, 6.07) is 3.63. The van der Waals surface area contributed by atoms with E-state index in [1.165, 1.54) is 0 Å². The van der Waals surface area contributed by atoms with Gasteiger partial charge in [-0.05, 0) is 26.0 Å². The molecule has 1 aromatic heterocycles. The van der Waals surface area contributed by atoms with Gasteiger partial charge in [-0.15, -0.1) is 0 Å². The van der Waals surface area contributed by atoms with Gasteiger partial charge in [-0.2, -0.15) is 0 Å². The van der Waals surface area contributed by atoms with Crippen LogP contribution in [0, 0.1) is 6.92 Å². The number of nitrogens with two attached hydrogens (primary N) is 1. The third-order valence-electron chi connectivity index (χ3n) is 1.99. The van der Waals surface area contributed by atoms with Gasteiger partial charge in [0, 0.05) is 12.2 Å². The highest BCUT2D eigenvalue weighted by Gasteiger charge is 2.03. The number of esters is 1. The Bertz CT molecular complexity index is 366. The fraction of sp³-hybridized carbons (Fsp3) is 0.455. The minimum Gasteiger partial charge on any atom is -0.466 e.